The largest absolute Gasteiger partial charge is 0.462 e. The summed E-state index contributed by atoms with van der Waals surface area (Å²) in [6.07, 6.45) is 0. The molecule has 0 saturated carbocycles. The fourth-order valence-corrected chi connectivity index (χ4v) is 3.73. The van der Waals surface area contributed by atoms with E-state index in [1.165, 1.54) is 4.57 Å². The van der Waals surface area contributed by atoms with Crippen molar-refractivity contribution in [3.63, 3.8) is 0 Å². The Kier molecular flexibility index (Phi) is 4.88. The van der Waals surface area contributed by atoms with Gasteiger partial charge in [-0.05, 0) is 13.8 Å². The molecule has 23 heavy (non-hydrogen) atoms. The number of carbonyl (C=O) groups is 2. The van der Waals surface area contributed by atoms with Crippen molar-refractivity contribution in [1.82, 2.24) is 4.57 Å². The van der Waals surface area contributed by atoms with Crippen molar-refractivity contribution < 1.29 is 27.5 Å². The summed E-state index contributed by atoms with van der Waals surface area (Å²) in [6.45, 7) is 3.20. The maximum atomic E-state index is 12.2. The SMILES string of the molecule is CCOC(=O)c1cc(=O)n2c(c1C(=O)OCC)CS(=O)(=O)CC2. The fourth-order valence-electron chi connectivity index (χ4n) is 2.40. The standard InChI is InChI=1S/C14H17NO7S/c1-3-21-13(17)9-7-11(16)15-5-6-23(19,20)8-10(15)12(9)14(18)22-4-2/h7H,3-6,8H2,1-2H3. The zero-order chi connectivity index (χ0) is 17.2. The predicted molar refractivity (Wildman–Crippen MR) is 80.1 cm³/mol. The maximum Gasteiger partial charge on any atom is 0.340 e. The van der Waals surface area contributed by atoms with E-state index in [0.29, 0.717) is 0 Å². The van der Waals surface area contributed by atoms with E-state index in [2.05, 4.69) is 0 Å². The van der Waals surface area contributed by atoms with Crippen LogP contribution < -0.4 is 5.56 Å². The van der Waals surface area contributed by atoms with Crippen molar-refractivity contribution in [3.05, 3.63) is 33.2 Å². The second-order valence-corrected chi connectivity index (χ2v) is 7.09. The summed E-state index contributed by atoms with van der Waals surface area (Å²) >= 11 is 0. The van der Waals surface area contributed by atoms with Crippen molar-refractivity contribution in [3.8, 4) is 0 Å². The number of hydrogen-bond acceptors (Lipinski definition) is 7. The molecule has 126 valence electrons. The van der Waals surface area contributed by atoms with Crippen molar-refractivity contribution in [2.45, 2.75) is 26.1 Å². The lowest BCUT2D eigenvalue weighted by Crippen LogP contribution is -2.36. The van der Waals surface area contributed by atoms with E-state index in [1.807, 2.05) is 0 Å². The van der Waals surface area contributed by atoms with Gasteiger partial charge in [0.25, 0.3) is 5.56 Å². The van der Waals surface area contributed by atoms with E-state index in [0.717, 1.165) is 6.07 Å². The van der Waals surface area contributed by atoms with Crippen molar-refractivity contribution in [1.29, 1.82) is 0 Å². The Labute approximate surface area is 132 Å². The summed E-state index contributed by atoms with van der Waals surface area (Å²) in [5.41, 5.74) is -1.05. The number of pyridine rings is 1. The first-order valence-corrected chi connectivity index (χ1v) is 8.94. The van der Waals surface area contributed by atoms with Crippen LogP contribution in [0.4, 0.5) is 0 Å². The minimum Gasteiger partial charge on any atom is -0.462 e. The second-order valence-electron chi connectivity index (χ2n) is 4.90. The zero-order valence-electron chi connectivity index (χ0n) is 12.8. The highest BCUT2D eigenvalue weighted by Gasteiger charge is 2.32. The van der Waals surface area contributed by atoms with Gasteiger partial charge in [0.1, 0.15) is 0 Å². The van der Waals surface area contributed by atoms with Crippen LogP contribution in [0.5, 0.6) is 0 Å². The molecule has 2 heterocycles. The normalized spacial score (nSPS) is 15.6. The molecule has 0 aliphatic carbocycles. The molecular formula is C14H17NO7S. The van der Waals surface area contributed by atoms with Crippen LogP contribution in [-0.4, -0.2) is 43.9 Å². The number of aromatic nitrogens is 1. The van der Waals surface area contributed by atoms with Gasteiger partial charge in [0.15, 0.2) is 9.84 Å². The van der Waals surface area contributed by atoms with E-state index in [-0.39, 0.29) is 42.3 Å². The van der Waals surface area contributed by atoms with Crippen LogP contribution in [0.15, 0.2) is 10.9 Å². The third-order valence-corrected chi connectivity index (χ3v) is 4.89. The number of sulfone groups is 1. The molecule has 0 bridgehead atoms. The first-order valence-electron chi connectivity index (χ1n) is 7.12. The molecule has 9 heteroatoms. The maximum absolute atomic E-state index is 12.2. The van der Waals surface area contributed by atoms with E-state index in [1.54, 1.807) is 13.8 Å². The third kappa shape index (κ3) is 3.44. The molecule has 0 radical (unpaired) electrons. The highest BCUT2D eigenvalue weighted by Crippen LogP contribution is 2.22. The number of carbonyl (C=O) groups excluding carboxylic acids is 2. The van der Waals surface area contributed by atoms with Gasteiger partial charge >= 0.3 is 11.9 Å². The summed E-state index contributed by atoms with van der Waals surface area (Å²) in [4.78, 5) is 36.4. The van der Waals surface area contributed by atoms with Gasteiger partial charge in [-0.1, -0.05) is 0 Å². The number of fused-ring (bicyclic) bond motifs is 1. The van der Waals surface area contributed by atoms with Crippen LogP contribution >= 0.6 is 0 Å². The lowest BCUT2D eigenvalue weighted by molar-refractivity contribution is 0.0476. The number of nitrogens with zero attached hydrogens (tertiary/aromatic N) is 1. The Morgan fingerprint density at radius 1 is 1.17 bits per heavy atom. The quantitative estimate of drug-likeness (QED) is 0.715. The smallest absolute Gasteiger partial charge is 0.340 e. The van der Waals surface area contributed by atoms with Gasteiger partial charge < -0.3 is 14.0 Å². The van der Waals surface area contributed by atoms with Crippen molar-refractivity contribution in [2.75, 3.05) is 19.0 Å². The van der Waals surface area contributed by atoms with Gasteiger partial charge in [-0.2, -0.15) is 0 Å². The molecular weight excluding hydrogens is 326 g/mol. The monoisotopic (exact) mass is 343 g/mol. The molecule has 0 saturated heterocycles. The van der Waals surface area contributed by atoms with Gasteiger partial charge in [-0.25, -0.2) is 18.0 Å². The average Bonchev–Trinajstić information content (AvgIpc) is 2.46. The first-order chi connectivity index (χ1) is 10.8. The minimum absolute atomic E-state index is 0.0229. The van der Waals surface area contributed by atoms with Crippen LogP contribution in [-0.2, 0) is 31.6 Å². The van der Waals surface area contributed by atoms with Crippen LogP contribution in [0.1, 0.15) is 40.3 Å². The van der Waals surface area contributed by atoms with Crippen LogP contribution in [0.3, 0.4) is 0 Å². The lowest BCUT2D eigenvalue weighted by atomic mass is 10.1. The zero-order valence-corrected chi connectivity index (χ0v) is 13.6. The molecule has 1 aromatic rings. The van der Waals surface area contributed by atoms with E-state index in [9.17, 15) is 22.8 Å². The molecule has 0 N–H and O–H groups in total. The summed E-state index contributed by atoms with van der Waals surface area (Å²) in [5, 5.41) is 0. The van der Waals surface area contributed by atoms with Crippen LogP contribution in [0.25, 0.3) is 0 Å². The van der Waals surface area contributed by atoms with Crippen LogP contribution in [0.2, 0.25) is 0 Å². The molecule has 1 aliphatic heterocycles. The first kappa shape index (κ1) is 17.2. The van der Waals surface area contributed by atoms with Gasteiger partial charge in [-0.3, -0.25) is 4.79 Å². The molecule has 0 amide bonds. The Bertz CT molecular complexity index is 807. The van der Waals surface area contributed by atoms with E-state index < -0.39 is 33.1 Å². The summed E-state index contributed by atoms with van der Waals surface area (Å²) in [5.74, 6) is -2.40. The Morgan fingerprint density at radius 3 is 2.39 bits per heavy atom. The molecule has 2 rings (SSSR count). The van der Waals surface area contributed by atoms with Gasteiger partial charge in [-0.15, -0.1) is 0 Å². The van der Waals surface area contributed by atoms with Gasteiger partial charge in [0.05, 0.1) is 41.5 Å². The van der Waals surface area contributed by atoms with E-state index in [4.69, 9.17) is 9.47 Å². The third-order valence-electron chi connectivity index (χ3n) is 3.38. The fraction of sp³-hybridized carbons (Fsp3) is 0.500. The molecule has 8 nitrogen and oxygen atoms in total. The predicted octanol–water partition coefficient (Wildman–Crippen LogP) is 0.130. The number of esters is 2. The number of hydrogen-bond donors (Lipinski definition) is 0. The van der Waals surface area contributed by atoms with Gasteiger partial charge in [0, 0.05) is 12.6 Å². The Hall–Kier alpha value is -2.16. The number of rotatable bonds is 4. The van der Waals surface area contributed by atoms with Crippen molar-refractivity contribution in [2.24, 2.45) is 0 Å². The highest BCUT2D eigenvalue weighted by molar-refractivity contribution is 7.90. The molecule has 0 spiro atoms. The second kappa shape index (κ2) is 6.53. The highest BCUT2D eigenvalue weighted by atomic mass is 32.2. The summed E-state index contributed by atoms with van der Waals surface area (Å²) in [7, 11) is -3.46. The van der Waals surface area contributed by atoms with E-state index >= 15 is 0 Å². The topological polar surface area (TPSA) is 109 Å². The van der Waals surface area contributed by atoms with Crippen LogP contribution in [0, 0.1) is 0 Å². The molecule has 1 aliphatic rings. The summed E-state index contributed by atoms with van der Waals surface area (Å²) in [6, 6.07) is 0.992. The average molecular weight is 343 g/mol. The summed E-state index contributed by atoms with van der Waals surface area (Å²) < 4.78 is 34.7. The van der Waals surface area contributed by atoms with Crippen molar-refractivity contribution >= 4 is 21.8 Å². The molecule has 0 fully saturated rings. The molecule has 1 aromatic heterocycles. The molecule has 0 atom stereocenters. The van der Waals surface area contributed by atoms with Gasteiger partial charge in [0.2, 0.25) is 0 Å². The molecule has 0 aromatic carbocycles. The number of ether oxygens (including phenoxy) is 2. The molecule has 0 unspecified atom stereocenters. The lowest BCUT2D eigenvalue weighted by Gasteiger charge is -2.22. The minimum atomic E-state index is -3.46. The Balaban J connectivity index is 2.73. The Morgan fingerprint density at radius 2 is 1.78 bits per heavy atom.